The number of rotatable bonds is 6. The SMILES string of the molecule is CC(C)N(C)CCCCNC(=O)OC(C)(C)C. The highest BCUT2D eigenvalue weighted by Crippen LogP contribution is 2.06. The molecular formula is C13H28N2O2. The van der Waals surface area contributed by atoms with Gasteiger partial charge in [-0.3, -0.25) is 0 Å². The van der Waals surface area contributed by atoms with Gasteiger partial charge in [-0.15, -0.1) is 0 Å². The fourth-order valence-electron chi connectivity index (χ4n) is 1.25. The smallest absolute Gasteiger partial charge is 0.407 e. The van der Waals surface area contributed by atoms with E-state index in [1.165, 1.54) is 0 Å². The third kappa shape index (κ3) is 10.1. The molecule has 0 aromatic rings. The van der Waals surface area contributed by atoms with Crippen molar-refractivity contribution in [2.24, 2.45) is 0 Å². The van der Waals surface area contributed by atoms with Gasteiger partial charge in [0, 0.05) is 12.6 Å². The van der Waals surface area contributed by atoms with E-state index in [1.54, 1.807) is 0 Å². The molecule has 0 heterocycles. The largest absolute Gasteiger partial charge is 0.444 e. The van der Waals surface area contributed by atoms with Crippen LogP contribution in [0.15, 0.2) is 0 Å². The normalized spacial score (nSPS) is 12.0. The van der Waals surface area contributed by atoms with Gasteiger partial charge in [-0.2, -0.15) is 0 Å². The highest BCUT2D eigenvalue weighted by atomic mass is 16.6. The standard InChI is InChI=1S/C13H28N2O2/c1-11(2)15(6)10-8-7-9-14-12(16)17-13(3,4)5/h11H,7-10H2,1-6H3,(H,14,16). The second kappa shape index (κ2) is 7.54. The number of unbranched alkanes of at least 4 members (excludes halogenated alkanes) is 1. The lowest BCUT2D eigenvalue weighted by atomic mass is 10.2. The van der Waals surface area contributed by atoms with E-state index in [9.17, 15) is 4.79 Å². The van der Waals surface area contributed by atoms with Crippen LogP contribution in [-0.2, 0) is 4.74 Å². The first-order valence-corrected chi connectivity index (χ1v) is 6.39. The molecule has 0 radical (unpaired) electrons. The number of hydrogen-bond acceptors (Lipinski definition) is 3. The Hall–Kier alpha value is -0.770. The topological polar surface area (TPSA) is 41.6 Å². The van der Waals surface area contributed by atoms with Gasteiger partial charge in [-0.05, 0) is 61.1 Å². The first-order chi connectivity index (χ1) is 7.72. The second-order valence-corrected chi connectivity index (χ2v) is 5.71. The second-order valence-electron chi connectivity index (χ2n) is 5.71. The number of nitrogens with one attached hydrogen (secondary N) is 1. The number of carbonyl (C=O) groups is 1. The third-order valence-corrected chi connectivity index (χ3v) is 2.49. The molecule has 1 N–H and O–H groups in total. The molecule has 0 bridgehead atoms. The van der Waals surface area contributed by atoms with Gasteiger partial charge in [0.1, 0.15) is 5.60 Å². The van der Waals surface area contributed by atoms with Crippen molar-refractivity contribution in [1.29, 1.82) is 0 Å². The summed E-state index contributed by atoms with van der Waals surface area (Å²) in [7, 11) is 2.12. The number of nitrogens with zero attached hydrogens (tertiary/aromatic N) is 1. The molecule has 0 aromatic carbocycles. The maximum atomic E-state index is 11.3. The summed E-state index contributed by atoms with van der Waals surface area (Å²) in [6.07, 6.45) is 1.75. The quantitative estimate of drug-likeness (QED) is 0.730. The Morgan fingerprint density at radius 2 is 1.88 bits per heavy atom. The van der Waals surface area contributed by atoms with Crippen LogP contribution in [0.3, 0.4) is 0 Å². The van der Waals surface area contributed by atoms with Crippen molar-refractivity contribution in [3.8, 4) is 0 Å². The van der Waals surface area contributed by atoms with Crippen LogP contribution in [0.1, 0.15) is 47.5 Å². The first-order valence-electron chi connectivity index (χ1n) is 6.39. The molecule has 4 heteroatoms. The lowest BCUT2D eigenvalue weighted by Crippen LogP contribution is -2.33. The Balaban J connectivity index is 3.49. The van der Waals surface area contributed by atoms with Crippen LogP contribution in [0.2, 0.25) is 0 Å². The molecule has 4 nitrogen and oxygen atoms in total. The Kier molecular flexibility index (Phi) is 7.19. The summed E-state index contributed by atoms with van der Waals surface area (Å²) in [6, 6.07) is 0.578. The zero-order valence-electron chi connectivity index (χ0n) is 12.2. The molecule has 0 aliphatic rings. The van der Waals surface area contributed by atoms with E-state index in [-0.39, 0.29) is 6.09 Å². The van der Waals surface area contributed by atoms with Crippen molar-refractivity contribution in [1.82, 2.24) is 10.2 Å². The Morgan fingerprint density at radius 3 is 2.35 bits per heavy atom. The van der Waals surface area contributed by atoms with Crippen molar-refractivity contribution in [2.45, 2.75) is 59.1 Å². The predicted octanol–water partition coefficient (Wildman–Crippen LogP) is 2.63. The van der Waals surface area contributed by atoms with Crippen molar-refractivity contribution < 1.29 is 9.53 Å². The fourth-order valence-corrected chi connectivity index (χ4v) is 1.25. The van der Waals surface area contributed by atoms with Gasteiger partial charge in [-0.25, -0.2) is 4.79 Å². The zero-order valence-corrected chi connectivity index (χ0v) is 12.2. The summed E-state index contributed by atoms with van der Waals surface area (Å²) < 4.78 is 5.14. The number of alkyl carbamates (subject to hydrolysis) is 1. The summed E-state index contributed by atoms with van der Waals surface area (Å²) in [5.41, 5.74) is -0.415. The molecule has 0 unspecified atom stereocenters. The van der Waals surface area contributed by atoms with Crippen molar-refractivity contribution in [2.75, 3.05) is 20.1 Å². The van der Waals surface area contributed by atoms with Crippen molar-refractivity contribution in [3.63, 3.8) is 0 Å². The van der Waals surface area contributed by atoms with Crippen LogP contribution in [0.5, 0.6) is 0 Å². The zero-order chi connectivity index (χ0) is 13.5. The monoisotopic (exact) mass is 244 g/mol. The maximum Gasteiger partial charge on any atom is 0.407 e. The number of carbonyl (C=O) groups excluding carboxylic acids is 1. The number of amides is 1. The molecule has 0 aliphatic heterocycles. The Bertz CT molecular complexity index is 222. The van der Waals surface area contributed by atoms with E-state index >= 15 is 0 Å². The first kappa shape index (κ1) is 16.2. The molecule has 0 fully saturated rings. The van der Waals surface area contributed by atoms with Gasteiger partial charge in [0.2, 0.25) is 0 Å². The molecule has 17 heavy (non-hydrogen) atoms. The lowest BCUT2D eigenvalue weighted by Gasteiger charge is -2.21. The summed E-state index contributed by atoms with van der Waals surface area (Å²) in [5.74, 6) is 0. The highest BCUT2D eigenvalue weighted by Gasteiger charge is 2.15. The van der Waals surface area contributed by atoms with Gasteiger partial charge in [0.05, 0.1) is 0 Å². The van der Waals surface area contributed by atoms with Gasteiger partial charge < -0.3 is 15.0 Å². The van der Waals surface area contributed by atoms with Crippen LogP contribution in [0.4, 0.5) is 4.79 Å². The molecule has 0 saturated heterocycles. The van der Waals surface area contributed by atoms with Crippen LogP contribution in [-0.4, -0.2) is 42.8 Å². The molecule has 0 atom stereocenters. The average Bonchev–Trinajstić information content (AvgIpc) is 2.13. The lowest BCUT2D eigenvalue weighted by molar-refractivity contribution is 0.0526. The fraction of sp³-hybridized carbons (Fsp3) is 0.923. The molecule has 0 aromatic heterocycles. The minimum Gasteiger partial charge on any atom is -0.444 e. The molecule has 0 aliphatic carbocycles. The number of ether oxygens (including phenoxy) is 1. The van der Waals surface area contributed by atoms with Crippen LogP contribution >= 0.6 is 0 Å². The van der Waals surface area contributed by atoms with Gasteiger partial charge in [0.15, 0.2) is 0 Å². The molecular weight excluding hydrogens is 216 g/mol. The Morgan fingerprint density at radius 1 is 1.29 bits per heavy atom. The molecule has 102 valence electrons. The third-order valence-electron chi connectivity index (χ3n) is 2.49. The molecule has 0 rings (SSSR count). The van der Waals surface area contributed by atoms with E-state index in [0.717, 1.165) is 19.4 Å². The average molecular weight is 244 g/mol. The summed E-state index contributed by atoms with van der Waals surface area (Å²) in [6.45, 7) is 11.7. The van der Waals surface area contributed by atoms with Gasteiger partial charge >= 0.3 is 6.09 Å². The van der Waals surface area contributed by atoms with E-state index in [1.807, 2.05) is 20.8 Å². The van der Waals surface area contributed by atoms with E-state index in [2.05, 4.69) is 31.1 Å². The predicted molar refractivity (Wildman–Crippen MR) is 71.2 cm³/mol. The molecule has 0 saturated carbocycles. The Labute approximate surface area is 106 Å². The van der Waals surface area contributed by atoms with Gasteiger partial charge in [-0.1, -0.05) is 0 Å². The number of hydrogen-bond donors (Lipinski definition) is 1. The summed E-state index contributed by atoms with van der Waals surface area (Å²) in [4.78, 5) is 13.6. The van der Waals surface area contributed by atoms with E-state index < -0.39 is 5.60 Å². The van der Waals surface area contributed by atoms with Crippen LogP contribution in [0.25, 0.3) is 0 Å². The van der Waals surface area contributed by atoms with Crippen molar-refractivity contribution >= 4 is 6.09 Å². The van der Waals surface area contributed by atoms with Crippen LogP contribution in [0, 0.1) is 0 Å². The van der Waals surface area contributed by atoms with Gasteiger partial charge in [0.25, 0.3) is 0 Å². The van der Waals surface area contributed by atoms with Crippen LogP contribution < -0.4 is 5.32 Å². The minimum absolute atomic E-state index is 0.324. The maximum absolute atomic E-state index is 11.3. The molecule has 0 spiro atoms. The van der Waals surface area contributed by atoms with Crippen molar-refractivity contribution in [3.05, 3.63) is 0 Å². The summed E-state index contributed by atoms with van der Waals surface area (Å²) in [5, 5.41) is 2.76. The minimum atomic E-state index is -0.415. The van der Waals surface area contributed by atoms with E-state index in [4.69, 9.17) is 4.74 Å². The highest BCUT2D eigenvalue weighted by molar-refractivity contribution is 5.67. The van der Waals surface area contributed by atoms with E-state index in [0.29, 0.717) is 12.6 Å². The summed E-state index contributed by atoms with van der Waals surface area (Å²) >= 11 is 0. The molecule has 1 amide bonds.